The summed E-state index contributed by atoms with van der Waals surface area (Å²) in [6.07, 6.45) is 8.18. The number of rotatable bonds is 4. The van der Waals surface area contributed by atoms with Crippen molar-refractivity contribution in [2.45, 2.75) is 62.8 Å². The topological polar surface area (TPSA) is 39.2 Å². The minimum atomic E-state index is -0.0382. The van der Waals surface area contributed by atoms with E-state index >= 15 is 0 Å². The molecule has 1 heterocycles. The molecule has 1 aromatic rings. The Morgan fingerprint density at radius 2 is 2.14 bits per heavy atom. The van der Waals surface area contributed by atoms with E-state index < -0.39 is 0 Å². The minimum absolute atomic E-state index is 0.0382. The molecule has 0 spiro atoms. The van der Waals surface area contributed by atoms with Crippen LogP contribution in [0.1, 0.15) is 55.6 Å². The van der Waals surface area contributed by atoms with Crippen LogP contribution in [-0.2, 0) is 16.1 Å². The van der Waals surface area contributed by atoms with Crippen molar-refractivity contribution >= 4 is 33.2 Å². The molecule has 0 radical (unpaired) electrons. The second-order valence-corrected chi connectivity index (χ2v) is 10.6. The van der Waals surface area contributed by atoms with Gasteiger partial charge < -0.3 is 4.74 Å². The number of esters is 1. The van der Waals surface area contributed by atoms with Crippen molar-refractivity contribution in [3.63, 3.8) is 0 Å². The van der Waals surface area contributed by atoms with Crippen molar-refractivity contribution in [2.24, 2.45) is 17.3 Å². The van der Waals surface area contributed by atoms with Crippen LogP contribution in [-0.4, -0.2) is 15.3 Å². The Morgan fingerprint density at radius 1 is 1.41 bits per heavy atom. The molecule has 5 heteroatoms. The maximum absolute atomic E-state index is 12.4. The number of hydrogen-bond donors (Lipinski definition) is 0. The fourth-order valence-electron chi connectivity index (χ4n) is 5.53. The highest BCUT2D eigenvalue weighted by molar-refractivity contribution is 9.10. The van der Waals surface area contributed by atoms with Gasteiger partial charge in [0.15, 0.2) is 0 Å². The normalized spacial score (nSPS) is 39.2. The Morgan fingerprint density at radius 3 is 2.73 bits per heavy atom. The monoisotopic (exact) mass is 383 g/mol. The molecule has 5 rings (SSSR count). The molecular formula is C17H22BrNO2S. The highest BCUT2D eigenvalue weighted by Crippen LogP contribution is 2.65. The van der Waals surface area contributed by atoms with Crippen molar-refractivity contribution in [1.82, 2.24) is 4.98 Å². The van der Waals surface area contributed by atoms with E-state index in [1.165, 1.54) is 32.1 Å². The first-order valence-electron chi connectivity index (χ1n) is 8.19. The smallest absolute Gasteiger partial charge is 0.306 e. The molecule has 4 saturated carbocycles. The van der Waals surface area contributed by atoms with Gasteiger partial charge in [0.2, 0.25) is 0 Å². The fraction of sp³-hybridized carbons (Fsp3) is 0.765. The summed E-state index contributed by atoms with van der Waals surface area (Å²) in [5.74, 6) is 1.59. The molecule has 4 aliphatic rings. The number of aryl methyl sites for hydroxylation is 1. The lowest BCUT2D eigenvalue weighted by Crippen LogP contribution is -2.53. The molecule has 3 nitrogen and oxygen atoms in total. The predicted octanol–water partition coefficient (Wildman–Crippen LogP) is 4.62. The lowest BCUT2D eigenvalue weighted by Gasteiger charge is -2.60. The third-order valence-corrected chi connectivity index (χ3v) is 7.43. The van der Waals surface area contributed by atoms with Gasteiger partial charge in [0.25, 0.3) is 0 Å². The molecule has 22 heavy (non-hydrogen) atoms. The third-order valence-electron chi connectivity index (χ3n) is 5.68. The van der Waals surface area contributed by atoms with Crippen LogP contribution < -0.4 is 0 Å². The second-order valence-electron chi connectivity index (χ2n) is 7.81. The van der Waals surface area contributed by atoms with Gasteiger partial charge in [-0.1, -0.05) is 15.9 Å². The van der Waals surface area contributed by atoms with E-state index in [9.17, 15) is 4.79 Å². The van der Waals surface area contributed by atoms with Crippen molar-refractivity contribution in [1.29, 1.82) is 0 Å². The Hall–Kier alpha value is -0.420. The van der Waals surface area contributed by atoms with E-state index in [-0.39, 0.29) is 11.4 Å². The number of ether oxygens (including phenoxy) is 1. The number of carbonyl (C=O) groups is 1. The zero-order valence-electron chi connectivity index (χ0n) is 12.9. The molecule has 120 valence electrons. The highest BCUT2D eigenvalue weighted by atomic mass is 79.9. The van der Waals surface area contributed by atoms with Crippen LogP contribution in [0.4, 0.5) is 0 Å². The number of halogens is 1. The van der Waals surface area contributed by atoms with E-state index in [4.69, 9.17) is 4.74 Å². The van der Waals surface area contributed by atoms with Crippen molar-refractivity contribution < 1.29 is 9.53 Å². The summed E-state index contributed by atoms with van der Waals surface area (Å²) < 4.78 is 5.81. The molecule has 0 N–H and O–H groups in total. The molecule has 0 aromatic carbocycles. The number of thiazole rings is 1. The number of alkyl halides is 1. The summed E-state index contributed by atoms with van der Waals surface area (Å²) in [7, 11) is 0. The Bertz CT molecular complexity index is 585. The predicted molar refractivity (Wildman–Crippen MR) is 90.0 cm³/mol. The quantitative estimate of drug-likeness (QED) is 0.562. The zero-order valence-corrected chi connectivity index (χ0v) is 15.3. The summed E-state index contributed by atoms with van der Waals surface area (Å²) in [5, 5.41) is 2.99. The summed E-state index contributed by atoms with van der Waals surface area (Å²) in [4.78, 5) is 16.7. The van der Waals surface area contributed by atoms with E-state index in [2.05, 4.69) is 20.9 Å². The van der Waals surface area contributed by atoms with Crippen molar-refractivity contribution in [3.05, 3.63) is 16.1 Å². The molecule has 0 unspecified atom stereocenters. The van der Waals surface area contributed by atoms with Gasteiger partial charge in [-0.2, -0.15) is 0 Å². The Labute approximate surface area is 144 Å². The van der Waals surface area contributed by atoms with Crippen molar-refractivity contribution in [2.75, 3.05) is 0 Å². The standard InChI is InChI=1S/C17H22BrNO2S/c1-11-19-14(9-22-11)8-21-15(20)7-16-3-12-2-13(4-16)6-17(18,5-12)10-16/h9,12-13H,2-8,10H2,1H3/t12-,13-,16?,17?/m1/s1. The fourth-order valence-corrected chi connectivity index (χ4v) is 7.64. The van der Waals surface area contributed by atoms with Gasteiger partial charge in [0.05, 0.1) is 17.1 Å². The highest BCUT2D eigenvalue weighted by Gasteiger charge is 2.57. The Balaban J connectivity index is 1.39. The molecule has 0 amide bonds. The first kappa shape index (κ1) is 15.1. The number of nitrogens with zero attached hydrogens (tertiary/aromatic N) is 1. The maximum Gasteiger partial charge on any atom is 0.306 e. The molecule has 4 fully saturated rings. The number of carbonyl (C=O) groups excluding carboxylic acids is 1. The molecule has 0 saturated heterocycles. The first-order valence-corrected chi connectivity index (χ1v) is 9.87. The largest absolute Gasteiger partial charge is 0.459 e. The minimum Gasteiger partial charge on any atom is -0.459 e. The van der Waals surface area contributed by atoms with Crippen LogP contribution in [0.25, 0.3) is 0 Å². The zero-order chi connectivity index (χ0) is 15.4. The third kappa shape index (κ3) is 2.86. The van der Waals surface area contributed by atoms with Crippen LogP contribution in [0.2, 0.25) is 0 Å². The summed E-state index contributed by atoms with van der Waals surface area (Å²) in [6.45, 7) is 2.30. The molecule has 4 aliphatic carbocycles. The van der Waals surface area contributed by atoms with E-state index in [0.717, 1.165) is 29.0 Å². The van der Waals surface area contributed by atoms with Crippen LogP contribution >= 0.6 is 27.3 Å². The Kier molecular flexibility index (Phi) is 3.65. The van der Waals surface area contributed by atoms with Gasteiger partial charge in [0, 0.05) is 9.70 Å². The average Bonchev–Trinajstić information content (AvgIpc) is 2.78. The lowest BCUT2D eigenvalue weighted by molar-refractivity contribution is -0.152. The van der Waals surface area contributed by atoms with Crippen LogP contribution in [0.15, 0.2) is 5.38 Å². The number of aromatic nitrogens is 1. The molecular weight excluding hydrogens is 362 g/mol. The summed E-state index contributed by atoms with van der Waals surface area (Å²) in [6, 6.07) is 0. The first-order chi connectivity index (χ1) is 10.4. The second kappa shape index (κ2) is 5.30. The van der Waals surface area contributed by atoms with E-state index in [1.54, 1.807) is 11.3 Å². The maximum atomic E-state index is 12.4. The molecule has 2 atom stereocenters. The van der Waals surface area contributed by atoms with Gasteiger partial charge in [-0.05, 0) is 62.7 Å². The van der Waals surface area contributed by atoms with Crippen LogP contribution in [0.3, 0.4) is 0 Å². The van der Waals surface area contributed by atoms with Crippen LogP contribution in [0, 0.1) is 24.2 Å². The van der Waals surface area contributed by atoms with Gasteiger partial charge in [-0.15, -0.1) is 11.3 Å². The SMILES string of the molecule is Cc1nc(COC(=O)CC23C[C@H]4C[C@@H](CC(Br)(C4)C2)C3)cs1. The van der Waals surface area contributed by atoms with Gasteiger partial charge in [-0.25, -0.2) is 4.98 Å². The number of hydrogen-bond acceptors (Lipinski definition) is 4. The molecule has 0 aliphatic heterocycles. The molecule has 1 aromatic heterocycles. The van der Waals surface area contributed by atoms with Gasteiger partial charge >= 0.3 is 5.97 Å². The lowest BCUT2D eigenvalue weighted by atomic mass is 9.49. The van der Waals surface area contributed by atoms with E-state index in [1.807, 2.05) is 12.3 Å². The molecule has 4 bridgehead atoms. The van der Waals surface area contributed by atoms with Crippen LogP contribution in [0.5, 0.6) is 0 Å². The van der Waals surface area contributed by atoms with E-state index in [0.29, 0.717) is 17.4 Å². The van der Waals surface area contributed by atoms with Gasteiger partial charge in [-0.3, -0.25) is 4.79 Å². The van der Waals surface area contributed by atoms with Crippen molar-refractivity contribution in [3.8, 4) is 0 Å². The summed E-state index contributed by atoms with van der Waals surface area (Å²) in [5.41, 5.74) is 1.07. The average molecular weight is 384 g/mol. The summed E-state index contributed by atoms with van der Waals surface area (Å²) >= 11 is 5.60. The van der Waals surface area contributed by atoms with Gasteiger partial charge in [0.1, 0.15) is 6.61 Å².